The minimum Gasteiger partial charge on any atom is -0.504 e. The number of rotatable bonds is 4. The van der Waals surface area contributed by atoms with Crippen molar-refractivity contribution in [2.45, 2.75) is 13.8 Å². The zero-order valence-electron chi connectivity index (χ0n) is 10.3. The molecule has 0 aliphatic rings. The monoisotopic (exact) mass is 248 g/mol. The molecule has 1 rings (SSSR count). The van der Waals surface area contributed by atoms with Gasteiger partial charge in [0.15, 0.2) is 11.5 Å². The smallest absolute Gasteiger partial charge is 0.332 e. The molecule has 3 N–H and O–H groups in total. The van der Waals surface area contributed by atoms with Crippen LogP contribution in [0.2, 0.25) is 0 Å². The predicted octanol–water partition coefficient (Wildman–Crippen LogP) is 2.78. The Labute approximate surface area is 106 Å². The molecular formula is C14H16O4. The lowest BCUT2D eigenvalue weighted by Crippen LogP contribution is -2.18. The second-order valence-electron chi connectivity index (χ2n) is 4.54. The van der Waals surface area contributed by atoms with Crippen LogP contribution >= 0.6 is 0 Å². The number of carbonyl (C=O) groups is 1. The Morgan fingerprint density at radius 1 is 1.28 bits per heavy atom. The maximum Gasteiger partial charge on any atom is 0.332 e. The fourth-order valence-corrected chi connectivity index (χ4v) is 1.43. The number of hydrogen-bond donors (Lipinski definition) is 3. The first-order chi connectivity index (χ1) is 8.27. The predicted molar refractivity (Wildman–Crippen MR) is 69.4 cm³/mol. The lowest BCUT2D eigenvalue weighted by atomic mass is 9.83. The molecule has 0 aliphatic carbocycles. The van der Waals surface area contributed by atoms with Crippen molar-refractivity contribution in [1.29, 1.82) is 0 Å². The maximum atomic E-state index is 11.2. The molecule has 0 aliphatic heterocycles. The molecule has 0 radical (unpaired) electrons. The average molecular weight is 248 g/mol. The van der Waals surface area contributed by atoms with Gasteiger partial charge in [0, 0.05) is 11.0 Å². The molecule has 0 atom stereocenters. The van der Waals surface area contributed by atoms with Crippen molar-refractivity contribution < 1.29 is 20.1 Å². The van der Waals surface area contributed by atoms with Gasteiger partial charge in [0.1, 0.15) is 0 Å². The summed E-state index contributed by atoms with van der Waals surface area (Å²) >= 11 is 0. The van der Waals surface area contributed by atoms with Crippen LogP contribution in [0, 0.1) is 5.41 Å². The molecule has 1 aromatic carbocycles. The number of phenols is 2. The molecule has 0 bridgehead atoms. The third kappa shape index (κ3) is 2.91. The Morgan fingerprint density at radius 2 is 1.89 bits per heavy atom. The molecule has 18 heavy (non-hydrogen) atoms. The van der Waals surface area contributed by atoms with Gasteiger partial charge in [-0.05, 0) is 23.8 Å². The van der Waals surface area contributed by atoms with Crippen LogP contribution in [0.15, 0.2) is 36.4 Å². The molecule has 0 heterocycles. The molecule has 0 aromatic heterocycles. The third-order valence-electron chi connectivity index (χ3n) is 2.75. The lowest BCUT2D eigenvalue weighted by Gasteiger charge is -2.20. The van der Waals surface area contributed by atoms with E-state index in [0.29, 0.717) is 5.56 Å². The molecule has 0 saturated carbocycles. The summed E-state index contributed by atoms with van der Waals surface area (Å²) in [6.07, 6.45) is 3.00. The second-order valence-corrected chi connectivity index (χ2v) is 4.54. The molecule has 0 fully saturated rings. The van der Waals surface area contributed by atoms with Crippen LogP contribution in [0.5, 0.6) is 11.5 Å². The SMILES string of the molecule is C=CC(C)(C)/C(=C\c1ccc(O)c(O)c1)C(=O)O. The minimum absolute atomic E-state index is 0.155. The highest BCUT2D eigenvalue weighted by molar-refractivity contribution is 5.94. The first-order valence-electron chi connectivity index (χ1n) is 5.39. The van der Waals surface area contributed by atoms with Crippen molar-refractivity contribution in [1.82, 2.24) is 0 Å². The van der Waals surface area contributed by atoms with Gasteiger partial charge < -0.3 is 15.3 Å². The second kappa shape index (κ2) is 4.96. The summed E-state index contributed by atoms with van der Waals surface area (Å²) in [6, 6.07) is 4.14. The van der Waals surface area contributed by atoms with E-state index in [4.69, 9.17) is 0 Å². The lowest BCUT2D eigenvalue weighted by molar-refractivity contribution is -0.133. The van der Waals surface area contributed by atoms with Gasteiger partial charge in [-0.2, -0.15) is 0 Å². The topological polar surface area (TPSA) is 77.8 Å². The third-order valence-corrected chi connectivity index (χ3v) is 2.75. The Hall–Kier alpha value is -2.23. The fourth-order valence-electron chi connectivity index (χ4n) is 1.43. The Kier molecular flexibility index (Phi) is 3.81. The number of aromatic hydroxyl groups is 2. The molecule has 1 aromatic rings. The van der Waals surface area contributed by atoms with Crippen LogP contribution < -0.4 is 0 Å². The first kappa shape index (κ1) is 13.8. The first-order valence-corrected chi connectivity index (χ1v) is 5.39. The van der Waals surface area contributed by atoms with Crippen LogP contribution in [0.3, 0.4) is 0 Å². The minimum atomic E-state index is -1.05. The van der Waals surface area contributed by atoms with Gasteiger partial charge in [0.05, 0.1) is 0 Å². The Balaban J connectivity index is 3.29. The summed E-state index contributed by atoms with van der Waals surface area (Å²) in [5.74, 6) is -1.58. The summed E-state index contributed by atoms with van der Waals surface area (Å²) in [4.78, 5) is 11.2. The molecule has 0 spiro atoms. The number of allylic oxidation sites excluding steroid dienone is 1. The van der Waals surface area contributed by atoms with Crippen LogP contribution in [0.1, 0.15) is 19.4 Å². The number of benzene rings is 1. The summed E-state index contributed by atoms with van der Waals surface area (Å²) in [5.41, 5.74) is -0.0421. The summed E-state index contributed by atoms with van der Waals surface area (Å²) in [5, 5.41) is 27.8. The van der Waals surface area contributed by atoms with E-state index in [1.807, 2.05) is 0 Å². The maximum absolute atomic E-state index is 11.2. The van der Waals surface area contributed by atoms with Crippen molar-refractivity contribution in [2.24, 2.45) is 5.41 Å². The average Bonchev–Trinajstić information content (AvgIpc) is 2.29. The van der Waals surface area contributed by atoms with E-state index in [2.05, 4.69) is 6.58 Å². The quantitative estimate of drug-likeness (QED) is 0.435. The highest BCUT2D eigenvalue weighted by atomic mass is 16.4. The van der Waals surface area contributed by atoms with Gasteiger partial charge in [-0.3, -0.25) is 0 Å². The summed E-state index contributed by atoms with van der Waals surface area (Å²) in [6.45, 7) is 7.09. The zero-order chi connectivity index (χ0) is 13.9. The fraction of sp³-hybridized carbons (Fsp3) is 0.214. The standard InChI is InChI=1S/C14H16O4/c1-4-14(2,3)10(13(17)18)7-9-5-6-11(15)12(16)8-9/h4-8,15-16H,1H2,2-3H3,(H,17,18)/b10-7-. The van der Waals surface area contributed by atoms with E-state index in [9.17, 15) is 20.1 Å². The van der Waals surface area contributed by atoms with Gasteiger partial charge in [-0.1, -0.05) is 26.0 Å². The van der Waals surface area contributed by atoms with Gasteiger partial charge in [0.25, 0.3) is 0 Å². The highest BCUT2D eigenvalue weighted by Crippen LogP contribution is 2.31. The zero-order valence-corrected chi connectivity index (χ0v) is 10.3. The van der Waals surface area contributed by atoms with E-state index in [0.717, 1.165) is 0 Å². The van der Waals surface area contributed by atoms with Crippen molar-refractivity contribution in [3.8, 4) is 11.5 Å². The van der Waals surface area contributed by atoms with Crippen LogP contribution in [-0.2, 0) is 4.79 Å². The largest absolute Gasteiger partial charge is 0.504 e. The van der Waals surface area contributed by atoms with Crippen molar-refractivity contribution >= 4 is 12.0 Å². The van der Waals surface area contributed by atoms with Crippen LogP contribution in [0.4, 0.5) is 0 Å². The number of carboxylic acid groups (broad SMARTS) is 1. The van der Waals surface area contributed by atoms with Crippen LogP contribution in [-0.4, -0.2) is 21.3 Å². The number of aliphatic carboxylic acids is 1. The molecule has 4 heteroatoms. The van der Waals surface area contributed by atoms with Crippen molar-refractivity contribution in [3.63, 3.8) is 0 Å². The van der Waals surface area contributed by atoms with Gasteiger partial charge in [0.2, 0.25) is 0 Å². The molecule has 0 amide bonds. The molecule has 0 saturated heterocycles. The normalized spacial score (nSPS) is 12.2. The summed E-state index contributed by atoms with van der Waals surface area (Å²) < 4.78 is 0. The Morgan fingerprint density at radius 3 is 2.33 bits per heavy atom. The van der Waals surface area contributed by atoms with Gasteiger partial charge in [-0.15, -0.1) is 6.58 Å². The van der Waals surface area contributed by atoms with E-state index < -0.39 is 11.4 Å². The molecule has 0 unspecified atom stereocenters. The van der Waals surface area contributed by atoms with E-state index >= 15 is 0 Å². The van der Waals surface area contributed by atoms with Crippen molar-refractivity contribution in [2.75, 3.05) is 0 Å². The van der Waals surface area contributed by atoms with Crippen LogP contribution in [0.25, 0.3) is 6.08 Å². The molecular weight excluding hydrogens is 232 g/mol. The summed E-state index contributed by atoms with van der Waals surface area (Å²) in [7, 11) is 0. The highest BCUT2D eigenvalue weighted by Gasteiger charge is 2.25. The number of phenolic OH excluding ortho intramolecular Hbond substituents is 2. The van der Waals surface area contributed by atoms with Crippen molar-refractivity contribution in [3.05, 3.63) is 42.0 Å². The number of carboxylic acids is 1. The Bertz CT molecular complexity index is 513. The molecule has 4 nitrogen and oxygen atoms in total. The molecule has 96 valence electrons. The number of hydrogen-bond acceptors (Lipinski definition) is 3. The van der Waals surface area contributed by atoms with Gasteiger partial charge >= 0.3 is 5.97 Å². The van der Waals surface area contributed by atoms with E-state index in [-0.39, 0.29) is 17.1 Å². The van der Waals surface area contributed by atoms with E-state index in [1.54, 1.807) is 19.9 Å². The van der Waals surface area contributed by atoms with Gasteiger partial charge in [-0.25, -0.2) is 4.79 Å². The van der Waals surface area contributed by atoms with E-state index in [1.165, 1.54) is 24.3 Å².